The second-order valence-corrected chi connectivity index (χ2v) is 12.4. The van der Waals surface area contributed by atoms with Gasteiger partial charge in [0, 0.05) is 53.9 Å². The van der Waals surface area contributed by atoms with Gasteiger partial charge in [0.15, 0.2) is 0 Å². The first kappa shape index (κ1) is 27.7. The van der Waals surface area contributed by atoms with E-state index in [1.807, 2.05) is 6.92 Å². The van der Waals surface area contributed by atoms with Gasteiger partial charge in [0.05, 0.1) is 23.0 Å². The molecule has 6 atom stereocenters. The molecule has 10 nitrogen and oxygen atoms in total. The van der Waals surface area contributed by atoms with Gasteiger partial charge in [-0.25, -0.2) is 4.79 Å². The minimum Gasteiger partial charge on any atom is -0.456 e. The number of likely N-dealkylation sites (N-methyl/N-ethyl adjacent to an activating group) is 1. The summed E-state index contributed by atoms with van der Waals surface area (Å²) >= 11 is 1.66. The summed E-state index contributed by atoms with van der Waals surface area (Å²) in [6.07, 6.45) is 6.96. The fraction of sp³-hybridized carbons (Fsp3) is 0.571. The van der Waals surface area contributed by atoms with Gasteiger partial charge >= 0.3 is 5.97 Å². The van der Waals surface area contributed by atoms with Gasteiger partial charge in [0.1, 0.15) is 12.3 Å². The number of hydrogen-bond donors (Lipinski definition) is 1. The van der Waals surface area contributed by atoms with Gasteiger partial charge < -0.3 is 19.6 Å². The Bertz CT molecular complexity index is 1180. The van der Waals surface area contributed by atoms with Crippen molar-refractivity contribution < 1.29 is 24.4 Å². The Morgan fingerprint density at radius 3 is 2.59 bits per heavy atom. The van der Waals surface area contributed by atoms with Crippen molar-refractivity contribution in [1.82, 2.24) is 14.7 Å². The predicted molar refractivity (Wildman–Crippen MR) is 147 cm³/mol. The molecule has 4 aliphatic heterocycles. The standard InChI is InChI=1S/C28H36N4O6S/c1-17-24-23(18(2)33)27(34)31(24)25(28(35)38-16-19-5-7-21(8-6-19)32(36)37)26(17)39-22-10-9-20(29(3)15-22)11-14-30-12-4-13-30/h5-8,11,14,17-18,20,22-24,33H,4,9-10,12-13,15-16H2,1-3H3/b14-11+/t17-,18-,20?,22?,23-,24-/m1/s1. The number of nitrogens with zero attached hydrogens (tertiary/aromatic N) is 4. The molecule has 210 valence electrons. The smallest absolute Gasteiger partial charge is 0.356 e. The number of likely N-dealkylation sites (tertiary alicyclic amines) is 2. The van der Waals surface area contributed by atoms with E-state index in [9.17, 15) is 24.8 Å². The Kier molecular flexibility index (Phi) is 8.02. The summed E-state index contributed by atoms with van der Waals surface area (Å²) in [5.74, 6) is -1.47. The van der Waals surface area contributed by atoms with Gasteiger partial charge in [-0.05, 0) is 57.1 Å². The monoisotopic (exact) mass is 556 g/mol. The van der Waals surface area contributed by atoms with E-state index in [0.29, 0.717) is 11.6 Å². The van der Waals surface area contributed by atoms with Crippen LogP contribution < -0.4 is 0 Å². The molecule has 1 amide bonds. The summed E-state index contributed by atoms with van der Waals surface area (Å²) in [4.78, 5) is 43.9. The molecule has 0 aliphatic carbocycles. The number of non-ortho nitro benzene ring substituents is 1. The van der Waals surface area contributed by atoms with E-state index in [-0.39, 0.29) is 41.1 Å². The second-order valence-electron chi connectivity index (χ2n) is 11.0. The SMILES string of the molecule is C[C@@H](O)[C@H]1C(=O)N2C(C(=O)OCc3ccc([N+](=O)[O-])cc3)=C(SC3CCC(/C=C/N4CCC4)N(C)C3)[C@H](C)[C@H]12. The van der Waals surface area contributed by atoms with Crippen molar-refractivity contribution in [2.24, 2.45) is 11.8 Å². The molecule has 0 aromatic heterocycles. The Balaban J connectivity index is 1.30. The maximum Gasteiger partial charge on any atom is 0.356 e. The highest BCUT2D eigenvalue weighted by Gasteiger charge is 2.60. The normalized spacial score (nSPS) is 29.7. The van der Waals surface area contributed by atoms with Crippen LogP contribution in [0.4, 0.5) is 5.69 Å². The zero-order chi connectivity index (χ0) is 27.8. The van der Waals surface area contributed by atoms with Crippen LogP contribution in [0.3, 0.4) is 0 Å². The number of ether oxygens (including phenoxy) is 1. The first-order valence-corrected chi connectivity index (χ1v) is 14.5. The zero-order valence-corrected chi connectivity index (χ0v) is 23.4. The van der Waals surface area contributed by atoms with Crippen molar-refractivity contribution in [3.63, 3.8) is 0 Å². The number of β-lactam (4-membered cyclic amide) rings is 1. The molecular weight excluding hydrogens is 520 g/mol. The maximum absolute atomic E-state index is 13.4. The minimum absolute atomic E-state index is 0.0370. The van der Waals surface area contributed by atoms with Crippen LogP contribution in [-0.2, 0) is 20.9 Å². The van der Waals surface area contributed by atoms with Crippen molar-refractivity contribution in [3.8, 4) is 0 Å². The lowest BCUT2D eigenvalue weighted by molar-refractivity contribution is -0.384. The molecule has 5 rings (SSSR count). The van der Waals surface area contributed by atoms with Gasteiger partial charge in [-0.2, -0.15) is 0 Å². The zero-order valence-electron chi connectivity index (χ0n) is 22.6. The van der Waals surface area contributed by atoms with Crippen LogP contribution in [0.25, 0.3) is 0 Å². The van der Waals surface area contributed by atoms with Crippen LogP contribution in [0.5, 0.6) is 0 Å². The fourth-order valence-corrected chi connectivity index (χ4v) is 7.53. The molecular formula is C28H36N4O6S. The average molecular weight is 557 g/mol. The third-order valence-electron chi connectivity index (χ3n) is 8.36. The van der Waals surface area contributed by atoms with E-state index in [2.05, 4.69) is 29.1 Å². The first-order chi connectivity index (χ1) is 18.7. The molecule has 3 saturated heterocycles. The number of aliphatic hydroxyl groups excluding tert-OH is 1. The largest absolute Gasteiger partial charge is 0.456 e. The number of piperidine rings is 1. The quantitative estimate of drug-likeness (QED) is 0.212. The number of hydrogen-bond acceptors (Lipinski definition) is 9. The number of rotatable bonds is 9. The van der Waals surface area contributed by atoms with E-state index in [1.165, 1.54) is 23.5 Å². The number of aliphatic hydroxyl groups is 1. The summed E-state index contributed by atoms with van der Waals surface area (Å²) in [7, 11) is 2.13. The van der Waals surface area contributed by atoms with Crippen molar-refractivity contribution >= 4 is 29.3 Å². The summed E-state index contributed by atoms with van der Waals surface area (Å²) in [5, 5.41) is 21.5. The molecule has 0 radical (unpaired) electrons. The van der Waals surface area contributed by atoms with E-state index < -0.39 is 22.9 Å². The predicted octanol–water partition coefficient (Wildman–Crippen LogP) is 3.12. The third-order valence-corrected chi connectivity index (χ3v) is 9.90. The molecule has 0 spiro atoms. The highest BCUT2D eigenvalue weighted by atomic mass is 32.2. The van der Waals surface area contributed by atoms with E-state index >= 15 is 0 Å². The molecule has 11 heteroatoms. The lowest BCUT2D eigenvalue weighted by atomic mass is 9.79. The topological polar surface area (TPSA) is 116 Å². The molecule has 3 fully saturated rings. The van der Waals surface area contributed by atoms with Crippen molar-refractivity contribution in [1.29, 1.82) is 0 Å². The van der Waals surface area contributed by atoms with Gasteiger partial charge in [0.25, 0.3) is 5.69 Å². The maximum atomic E-state index is 13.4. The van der Waals surface area contributed by atoms with Crippen LogP contribution in [0.15, 0.2) is 47.1 Å². The van der Waals surface area contributed by atoms with E-state index in [0.717, 1.165) is 37.4 Å². The lowest BCUT2D eigenvalue weighted by Crippen LogP contribution is -2.63. The number of nitro groups is 1. The van der Waals surface area contributed by atoms with Gasteiger partial charge in [0.2, 0.25) is 5.91 Å². The Hall–Kier alpha value is -2.89. The Morgan fingerprint density at radius 2 is 2.00 bits per heavy atom. The summed E-state index contributed by atoms with van der Waals surface area (Å²) < 4.78 is 5.62. The van der Waals surface area contributed by atoms with Crippen molar-refractivity contribution in [2.45, 2.75) is 63.2 Å². The summed E-state index contributed by atoms with van der Waals surface area (Å²) in [6.45, 7) is 6.70. The number of nitro benzene ring substituents is 1. The number of carbonyl (C=O) groups is 2. The van der Waals surface area contributed by atoms with E-state index in [4.69, 9.17) is 4.74 Å². The lowest BCUT2D eigenvalue weighted by Gasteiger charge is -2.46. The Labute approximate surface area is 232 Å². The first-order valence-electron chi connectivity index (χ1n) is 13.6. The number of benzene rings is 1. The number of esters is 1. The van der Waals surface area contributed by atoms with Crippen LogP contribution in [-0.4, -0.2) is 86.7 Å². The highest BCUT2D eigenvalue weighted by Crippen LogP contribution is 2.52. The van der Waals surface area contributed by atoms with E-state index in [1.54, 1.807) is 30.8 Å². The molecule has 1 aromatic rings. The highest BCUT2D eigenvalue weighted by molar-refractivity contribution is 8.03. The molecule has 1 aromatic carbocycles. The molecule has 4 heterocycles. The molecule has 39 heavy (non-hydrogen) atoms. The molecule has 0 saturated carbocycles. The van der Waals surface area contributed by atoms with Gasteiger partial charge in [-0.1, -0.05) is 13.0 Å². The number of fused-ring (bicyclic) bond motifs is 1. The fourth-order valence-electron chi connectivity index (χ4n) is 5.95. The van der Waals surface area contributed by atoms with Crippen molar-refractivity contribution in [2.75, 3.05) is 26.7 Å². The number of carbonyl (C=O) groups excluding carboxylic acids is 2. The third kappa shape index (κ3) is 5.44. The minimum atomic E-state index is -0.803. The van der Waals surface area contributed by atoms with Crippen LogP contribution >= 0.6 is 11.8 Å². The summed E-state index contributed by atoms with van der Waals surface area (Å²) in [6, 6.07) is 5.96. The number of amides is 1. The van der Waals surface area contributed by atoms with Crippen LogP contribution in [0.1, 0.15) is 38.7 Å². The van der Waals surface area contributed by atoms with Crippen LogP contribution in [0.2, 0.25) is 0 Å². The number of thioether (sulfide) groups is 1. The van der Waals surface area contributed by atoms with Crippen LogP contribution in [0, 0.1) is 22.0 Å². The molecule has 2 unspecified atom stereocenters. The second kappa shape index (κ2) is 11.3. The van der Waals surface area contributed by atoms with Gasteiger partial charge in [-0.3, -0.25) is 19.8 Å². The summed E-state index contributed by atoms with van der Waals surface area (Å²) in [5.41, 5.74) is 0.864. The Morgan fingerprint density at radius 1 is 1.28 bits per heavy atom. The average Bonchev–Trinajstić information content (AvgIpc) is 3.10. The molecule has 0 bridgehead atoms. The molecule has 4 aliphatic rings. The molecule has 1 N–H and O–H groups in total. The van der Waals surface area contributed by atoms with Crippen molar-refractivity contribution in [3.05, 3.63) is 62.8 Å². The van der Waals surface area contributed by atoms with Gasteiger partial charge in [-0.15, -0.1) is 11.8 Å².